The van der Waals surface area contributed by atoms with Crippen molar-refractivity contribution in [1.82, 2.24) is 0 Å². The zero-order valence-electron chi connectivity index (χ0n) is 20.7. The molecule has 0 unspecified atom stereocenters. The van der Waals surface area contributed by atoms with Crippen molar-refractivity contribution in [3.05, 3.63) is 132 Å². The molecule has 0 aromatic heterocycles. The van der Waals surface area contributed by atoms with Crippen molar-refractivity contribution in [3.8, 4) is 11.5 Å². The largest absolute Gasteiger partial charge is 0.488 e. The summed E-state index contributed by atoms with van der Waals surface area (Å²) in [6, 6.07) is 33.6. The molecule has 0 spiro atoms. The maximum Gasteiger partial charge on any atom is 0.248 e. The second-order valence-electron chi connectivity index (χ2n) is 8.16. The highest BCUT2D eigenvalue weighted by molar-refractivity contribution is 6.03. The first kappa shape index (κ1) is 26.0. The molecule has 0 aliphatic heterocycles. The summed E-state index contributed by atoms with van der Waals surface area (Å²) in [6.07, 6.45) is 6.46. The lowest BCUT2D eigenvalue weighted by molar-refractivity contribution is -0.112. The number of hydrogen-bond acceptors (Lipinski definition) is 4. The van der Waals surface area contributed by atoms with Gasteiger partial charge >= 0.3 is 0 Å². The van der Waals surface area contributed by atoms with Crippen molar-refractivity contribution >= 4 is 35.3 Å². The van der Waals surface area contributed by atoms with Gasteiger partial charge in [-0.1, -0.05) is 84.9 Å². The summed E-state index contributed by atoms with van der Waals surface area (Å²) >= 11 is 0. The molecule has 0 radical (unpaired) electrons. The van der Waals surface area contributed by atoms with Gasteiger partial charge in [0.1, 0.15) is 24.7 Å². The van der Waals surface area contributed by atoms with Crippen LogP contribution < -0.4 is 20.1 Å². The monoisotopic (exact) mass is 504 g/mol. The van der Waals surface area contributed by atoms with Crippen LogP contribution in [0.4, 0.5) is 11.4 Å². The Morgan fingerprint density at radius 1 is 0.526 bits per heavy atom. The average Bonchev–Trinajstić information content (AvgIpc) is 2.96. The molecule has 6 nitrogen and oxygen atoms in total. The molecule has 4 rings (SSSR count). The molecule has 0 heterocycles. The van der Waals surface area contributed by atoms with Crippen LogP contribution in [0.3, 0.4) is 0 Å². The van der Waals surface area contributed by atoms with E-state index in [1.54, 1.807) is 36.4 Å². The third-order valence-electron chi connectivity index (χ3n) is 5.34. The van der Waals surface area contributed by atoms with Crippen LogP contribution in [-0.2, 0) is 9.59 Å². The van der Waals surface area contributed by atoms with Crippen LogP contribution in [0.1, 0.15) is 11.1 Å². The zero-order valence-corrected chi connectivity index (χ0v) is 20.7. The lowest BCUT2D eigenvalue weighted by atomic mass is 10.2. The summed E-state index contributed by atoms with van der Waals surface area (Å²) in [5.74, 6) is 0.551. The van der Waals surface area contributed by atoms with Crippen LogP contribution in [0.5, 0.6) is 11.5 Å². The van der Waals surface area contributed by atoms with Gasteiger partial charge in [0, 0.05) is 12.2 Å². The Bertz CT molecular complexity index is 1290. The molecular weight excluding hydrogens is 476 g/mol. The summed E-state index contributed by atoms with van der Waals surface area (Å²) in [6.45, 7) is 0.478. The molecular formula is C32H28N2O4. The van der Waals surface area contributed by atoms with Crippen molar-refractivity contribution in [2.45, 2.75) is 0 Å². The van der Waals surface area contributed by atoms with E-state index < -0.39 is 0 Å². The smallest absolute Gasteiger partial charge is 0.248 e. The number of amides is 2. The molecule has 4 aromatic rings. The first-order valence-corrected chi connectivity index (χ1v) is 12.2. The van der Waals surface area contributed by atoms with E-state index in [9.17, 15) is 9.59 Å². The van der Waals surface area contributed by atoms with E-state index in [0.717, 1.165) is 11.1 Å². The van der Waals surface area contributed by atoms with E-state index in [4.69, 9.17) is 9.47 Å². The minimum atomic E-state index is -0.257. The van der Waals surface area contributed by atoms with Crippen molar-refractivity contribution in [2.24, 2.45) is 0 Å². The molecule has 0 saturated heterocycles. The number of anilines is 2. The summed E-state index contributed by atoms with van der Waals surface area (Å²) in [4.78, 5) is 24.8. The predicted molar refractivity (Wildman–Crippen MR) is 152 cm³/mol. The van der Waals surface area contributed by atoms with Gasteiger partial charge < -0.3 is 20.1 Å². The fourth-order valence-electron chi connectivity index (χ4n) is 3.52. The van der Waals surface area contributed by atoms with Gasteiger partial charge in [-0.3, -0.25) is 9.59 Å². The minimum Gasteiger partial charge on any atom is -0.488 e. The molecule has 0 fully saturated rings. The van der Waals surface area contributed by atoms with Crippen LogP contribution in [-0.4, -0.2) is 25.0 Å². The van der Waals surface area contributed by atoms with Gasteiger partial charge in [-0.05, 0) is 47.5 Å². The minimum absolute atomic E-state index is 0.239. The van der Waals surface area contributed by atoms with Gasteiger partial charge in [0.2, 0.25) is 11.8 Å². The predicted octanol–water partition coefficient (Wildman–Crippen LogP) is 6.45. The lowest BCUT2D eigenvalue weighted by Gasteiger charge is -2.14. The quantitative estimate of drug-likeness (QED) is 0.182. The normalized spacial score (nSPS) is 10.8. The highest BCUT2D eigenvalue weighted by Crippen LogP contribution is 2.25. The Balaban J connectivity index is 1.28. The molecule has 0 saturated carbocycles. The molecule has 38 heavy (non-hydrogen) atoms. The lowest BCUT2D eigenvalue weighted by Crippen LogP contribution is -2.14. The van der Waals surface area contributed by atoms with E-state index in [-0.39, 0.29) is 25.0 Å². The van der Waals surface area contributed by atoms with Crippen LogP contribution in [0.25, 0.3) is 12.2 Å². The fraction of sp³-hybridized carbons (Fsp3) is 0.0625. The second-order valence-corrected chi connectivity index (χ2v) is 8.16. The van der Waals surface area contributed by atoms with Crippen LogP contribution >= 0.6 is 0 Å². The van der Waals surface area contributed by atoms with Gasteiger partial charge in [0.15, 0.2) is 0 Å². The number of carbonyl (C=O) groups excluding carboxylic acids is 2. The number of hydrogen-bond donors (Lipinski definition) is 2. The molecule has 6 heteroatoms. The van der Waals surface area contributed by atoms with Gasteiger partial charge in [-0.25, -0.2) is 0 Å². The summed E-state index contributed by atoms with van der Waals surface area (Å²) in [5.41, 5.74) is 3.00. The SMILES string of the molecule is O=C(C=Cc1ccccc1)Nc1ccccc1OCCOc1ccccc1NC(=O)C=Cc1ccccc1. The number of para-hydroxylation sites is 4. The topological polar surface area (TPSA) is 76.7 Å². The summed E-state index contributed by atoms with van der Waals surface area (Å²) in [7, 11) is 0. The third-order valence-corrected chi connectivity index (χ3v) is 5.34. The first-order chi connectivity index (χ1) is 18.7. The molecule has 0 atom stereocenters. The summed E-state index contributed by atoms with van der Waals surface area (Å²) in [5, 5.41) is 5.70. The molecule has 190 valence electrons. The number of rotatable bonds is 11. The standard InChI is InChI=1S/C32H28N2O4/c35-31(21-19-25-11-3-1-4-12-25)33-27-15-7-9-17-29(27)37-23-24-38-30-18-10-8-16-28(30)34-32(36)22-20-26-13-5-2-6-14-26/h1-22H,23-24H2,(H,33,35)(H,34,36). The molecule has 4 aromatic carbocycles. The van der Waals surface area contributed by atoms with Gasteiger partial charge in [-0.2, -0.15) is 0 Å². The Labute approximate surface area is 222 Å². The number of ether oxygens (including phenoxy) is 2. The highest BCUT2D eigenvalue weighted by atomic mass is 16.5. The average molecular weight is 505 g/mol. The van der Waals surface area contributed by atoms with Crippen LogP contribution in [0.15, 0.2) is 121 Å². The molecule has 0 aliphatic carbocycles. The van der Waals surface area contributed by atoms with Crippen LogP contribution in [0, 0.1) is 0 Å². The van der Waals surface area contributed by atoms with Crippen molar-refractivity contribution in [3.63, 3.8) is 0 Å². The number of nitrogens with one attached hydrogen (secondary N) is 2. The summed E-state index contributed by atoms with van der Waals surface area (Å²) < 4.78 is 11.7. The fourth-order valence-corrected chi connectivity index (χ4v) is 3.52. The van der Waals surface area contributed by atoms with Gasteiger partial charge in [0.25, 0.3) is 0 Å². The maximum absolute atomic E-state index is 12.4. The molecule has 0 aliphatic rings. The van der Waals surface area contributed by atoms with E-state index in [1.807, 2.05) is 84.9 Å². The van der Waals surface area contributed by atoms with Crippen LogP contribution in [0.2, 0.25) is 0 Å². The Morgan fingerprint density at radius 3 is 1.32 bits per heavy atom. The molecule has 2 N–H and O–H groups in total. The third kappa shape index (κ3) is 8.24. The second kappa shape index (κ2) is 13.8. The Morgan fingerprint density at radius 2 is 0.895 bits per heavy atom. The first-order valence-electron chi connectivity index (χ1n) is 12.2. The van der Waals surface area contributed by atoms with Gasteiger partial charge in [-0.15, -0.1) is 0 Å². The number of benzene rings is 4. The Kier molecular flexibility index (Phi) is 9.47. The molecule has 0 bridgehead atoms. The zero-order chi connectivity index (χ0) is 26.4. The van der Waals surface area contributed by atoms with Crippen molar-refractivity contribution in [1.29, 1.82) is 0 Å². The van der Waals surface area contributed by atoms with E-state index >= 15 is 0 Å². The van der Waals surface area contributed by atoms with E-state index in [0.29, 0.717) is 22.9 Å². The highest BCUT2D eigenvalue weighted by Gasteiger charge is 2.08. The molecule has 2 amide bonds. The Hall–Kier alpha value is -5.10. The van der Waals surface area contributed by atoms with Crippen molar-refractivity contribution < 1.29 is 19.1 Å². The van der Waals surface area contributed by atoms with E-state index in [1.165, 1.54) is 12.2 Å². The van der Waals surface area contributed by atoms with E-state index in [2.05, 4.69) is 10.6 Å². The van der Waals surface area contributed by atoms with Gasteiger partial charge in [0.05, 0.1) is 11.4 Å². The van der Waals surface area contributed by atoms with Crippen molar-refractivity contribution in [2.75, 3.05) is 23.8 Å². The maximum atomic E-state index is 12.4. The number of carbonyl (C=O) groups is 2.